The zero-order chi connectivity index (χ0) is 13.1. The Kier molecular flexibility index (Phi) is 3.84. The van der Waals surface area contributed by atoms with E-state index in [1.165, 1.54) is 0 Å². The third-order valence-corrected chi connectivity index (χ3v) is 3.33. The Morgan fingerprint density at radius 1 is 1.17 bits per heavy atom. The number of benzene rings is 2. The molecule has 2 aromatic rings. The van der Waals surface area contributed by atoms with Gasteiger partial charge in [0.1, 0.15) is 5.75 Å². The quantitative estimate of drug-likeness (QED) is 0.870. The van der Waals surface area contributed by atoms with Gasteiger partial charge in [0.15, 0.2) is 0 Å². The highest BCUT2D eigenvalue weighted by Gasteiger charge is 2.18. The lowest BCUT2D eigenvalue weighted by molar-refractivity contribution is 0.141. The van der Waals surface area contributed by atoms with Gasteiger partial charge in [-0.05, 0) is 23.4 Å². The van der Waals surface area contributed by atoms with Gasteiger partial charge < -0.3 is 15.6 Å². The first-order valence-corrected chi connectivity index (χ1v) is 6.18. The normalized spacial score (nSPS) is 14.4. The molecule has 0 unspecified atom stereocenters. The molecule has 0 saturated carbocycles. The number of nitrogens with two attached hydrogens (primary N) is 1. The molecule has 2 aromatic carbocycles. The minimum atomic E-state index is -0.526. The molecule has 0 aliphatic rings. The summed E-state index contributed by atoms with van der Waals surface area (Å²) in [5, 5.41) is 12.0. The Balaban J connectivity index is 2.59. The molecule has 2 rings (SSSR count). The maximum atomic E-state index is 9.91. The lowest BCUT2D eigenvalue weighted by Gasteiger charge is -2.20. The second-order valence-electron chi connectivity index (χ2n) is 4.40. The molecule has 0 heterocycles. The zero-order valence-corrected chi connectivity index (χ0v) is 10.8. The smallest absolute Gasteiger partial charge is 0.126 e. The fourth-order valence-corrected chi connectivity index (χ4v) is 2.22. The summed E-state index contributed by atoms with van der Waals surface area (Å²) in [6.45, 7) is 1.93. The van der Waals surface area contributed by atoms with Crippen LogP contribution < -0.4 is 10.5 Å². The fourth-order valence-electron chi connectivity index (χ4n) is 2.22. The standard InChI is InChI=1S/C15H19NO2/c1-3-13(17)15(16)12-8-9-14(18-2)11-7-5-4-6-10(11)12/h4-9,13,15,17H,3,16H2,1-2H3/t13-,15+/m1/s1. The van der Waals surface area contributed by atoms with E-state index in [1.54, 1.807) is 7.11 Å². The molecule has 0 saturated heterocycles. The number of ether oxygens (including phenoxy) is 1. The Morgan fingerprint density at radius 2 is 1.83 bits per heavy atom. The van der Waals surface area contributed by atoms with Crippen LogP contribution >= 0.6 is 0 Å². The van der Waals surface area contributed by atoms with Gasteiger partial charge in [-0.1, -0.05) is 37.3 Å². The molecule has 96 valence electrons. The third kappa shape index (κ3) is 2.19. The number of aliphatic hydroxyl groups excluding tert-OH is 1. The molecule has 3 heteroatoms. The number of hydrogen-bond acceptors (Lipinski definition) is 3. The van der Waals surface area contributed by atoms with E-state index >= 15 is 0 Å². The molecule has 0 spiro atoms. The van der Waals surface area contributed by atoms with Crippen LogP contribution in [0.4, 0.5) is 0 Å². The SMILES string of the molecule is CC[C@@H](O)[C@@H](N)c1ccc(OC)c2ccccc12. The van der Waals surface area contributed by atoms with Gasteiger partial charge >= 0.3 is 0 Å². The minimum Gasteiger partial charge on any atom is -0.496 e. The maximum Gasteiger partial charge on any atom is 0.126 e. The lowest BCUT2D eigenvalue weighted by atomic mass is 9.94. The summed E-state index contributed by atoms with van der Waals surface area (Å²) in [4.78, 5) is 0. The molecule has 0 fully saturated rings. The largest absolute Gasteiger partial charge is 0.496 e. The first-order chi connectivity index (χ1) is 8.69. The van der Waals surface area contributed by atoms with Crippen molar-refractivity contribution in [3.05, 3.63) is 42.0 Å². The average molecular weight is 245 g/mol. The van der Waals surface area contributed by atoms with Gasteiger partial charge in [0.05, 0.1) is 19.3 Å². The van der Waals surface area contributed by atoms with Crippen LogP contribution in [-0.2, 0) is 0 Å². The highest BCUT2D eigenvalue weighted by Crippen LogP contribution is 2.32. The van der Waals surface area contributed by atoms with Crippen LogP contribution in [0, 0.1) is 0 Å². The first-order valence-electron chi connectivity index (χ1n) is 6.18. The molecule has 0 radical (unpaired) electrons. The summed E-state index contributed by atoms with van der Waals surface area (Å²) in [6.07, 6.45) is 0.114. The van der Waals surface area contributed by atoms with E-state index in [2.05, 4.69) is 0 Å². The summed E-state index contributed by atoms with van der Waals surface area (Å²) >= 11 is 0. The molecule has 0 amide bonds. The summed E-state index contributed by atoms with van der Waals surface area (Å²) in [5.41, 5.74) is 7.07. The van der Waals surface area contributed by atoms with E-state index in [0.29, 0.717) is 6.42 Å². The van der Waals surface area contributed by atoms with E-state index in [-0.39, 0.29) is 6.04 Å². The average Bonchev–Trinajstić information content (AvgIpc) is 2.44. The predicted octanol–water partition coefficient (Wildman–Crippen LogP) is 2.62. The van der Waals surface area contributed by atoms with Crippen LogP contribution in [0.2, 0.25) is 0 Å². The van der Waals surface area contributed by atoms with Gasteiger partial charge in [-0.3, -0.25) is 0 Å². The molecule has 18 heavy (non-hydrogen) atoms. The van der Waals surface area contributed by atoms with Crippen molar-refractivity contribution in [2.24, 2.45) is 5.73 Å². The van der Waals surface area contributed by atoms with Crippen molar-refractivity contribution in [2.75, 3.05) is 7.11 Å². The van der Waals surface area contributed by atoms with Gasteiger partial charge in [-0.15, -0.1) is 0 Å². The van der Waals surface area contributed by atoms with Crippen LogP contribution in [-0.4, -0.2) is 18.3 Å². The molecule has 2 atom stereocenters. The number of fused-ring (bicyclic) bond motifs is 1. The van der Waals surface area contributed by atoms with Crippen molar-refractivity contribution < 1.29 is 9.84 Å². The van der Waals surface area contributed by atoms with Crippen molar-refractivity contribution in [2.45, 2.75) is 25.5 Å². The van der Waals surface area contributed by atoms with Crippen molar-refractivity contribution >= 4 is 10.8 Å². The molecular weight excluding hydrogens is 226 g/mol. The van der Waals surface area contributed by atoms with Crippen LogP contribution in [0.5, 0.6) is 5.75 Å². The van der Waals surface area contributed by atoms with Crippen LogP contribution in [0.25, 0.3) is 10.8 Å². The van der Waals surface area contributed by atoms with Crippen LogP contribution in [0.1, 0.15) is 24.9 Å². The van der Waals surface area contributed by atoms with Crippen molar-refractivity contribution in [1.82, 2.24) is 0 Å². The highest BCUT2D eigenvalue weighted by molar-refractivity contribution is 5.91. The molecule has 3 nitrogen and oxygen atoms in total. The van der Waals surface area contributed by atoms with Gasteiger partial charge in [0.25, 0.3) is 0 Å². The minimum absolute atomic E-state index is 0.370. The third-order valence-electron chi connectivity index (χ3n) is 3.33. The Morgan fingerprint density at radius 3 is 2.44 bits per heavy atom. The van der Waals surface area contributed by atoms with Crippen molar-refractivity contribution in [3.8, 4) is 5.75 Å². The van der Waals surface area contributed by atoms with E-state index < -0.39 is 6.10 Å². The van der Waals surface area contributed by atoms with Crippen LogP contribution in [0.3, 0.4) is 0 Å². The van der Waals surface area contributed by atoms with Gasteiger partial charge in [0.2, 0.25) is 0 Å². The van der Waals surface area contributed by atoms with Gasteiger partial charge in [-0.2, -0.15) is 0 Å². The number of methoxy groups -OCH3 is 1. The molecular formula is C15H19NO2. The molecule has 0 aliphatic carbocycles. The Hall–Kier alpha value is -1.58. The maximum absolute atomic E-state index is 9.91. The Bertz CT molecular complexity index is 539. The van der Waals surface area contributed by atoms with E-state index in [9.17, 15) is 5.11 Å². The van der Waals surface area contributed by atoms with E-state index in [0.717, 1.165) is 22.1 Å². The van der Waals surface area contributed by atoms with E-state index in [1.807, 2.05) is 43.3 Å². The topological polar surface area (TPSA) is 55.5 Å². The second kappa shape index (κ2) is 5.38. The highest BCUT2D eigenvalue weighted by atomic mass is 16.5. The second-order valence-corrected chi connectivity index (χ2v) is 4.40. The zero-order valence-electron chi connectivity index (χ0n) is 10.8. The van der Waals surface area contributed by atoms with Gasteiger partial charge in [0, 0.05) is 5.39 Å². The summed E-state index contributed by atoms with van der Waals surface area (Å²) in [6, 6.07) is 11.4. The fraction of sp³-hybridized carbons (Fsp3) is 0.333. The molecule has 0 aliphatic heterocycles. The lowest BCUT2D eigenvalue weighted by Crippen LogP contribution is -2.25. The molecule has 0 aromatic heterocycles. The number of rotatable bonds is 4. The predicted molar refractivity (Wildman–Crippen MR) is 73.7 cm³/mol. The summed E-state index contributed by atoms with van der Waals surface area (Å²) in [7, 11) is 1.66. The van der Waals surface area contributed by atoms with Crippen molar-refractivity contribution in [1.29, 1.82) is 0 Å². The van der Waals surface area contributed by atoms with Crippen molar-refractivity contribution in [3.63, 3.8) is 0 Å². The number of hydrogen-bond donors (Lipinski definition) is 2. The molecule has 0 bridgehead atoms. The van der Waals surface area contributed by atoms with Gasteiger partial charge in [-0.25, -0.2) is 0 Å². The Labute approximate surface area is 107 Å². The first kappa shape index (κ1) is 12.9. The summed E-state index contributed by atoms with van der Waals surface area (Å²) < 4.78 is 5.35. The molecule has 3 N–H and O–H groups in total. The number of aliphatic hydroxyl groups is 1. The van der Waals surface area contributed by atoms with E-state index in [4.69, 9.17) is 10.5 Å². The summed E-state index contributed by atoms with van der Waals surface area (Å²) in [5.74, 6) is 0.826. The monoisotopic (exact) mass is 245 g/mol. The van der Waals surface area contributed by atoms with Crippen LogP contribution in [0.15, 0.2) is 36.4 Å².